The average molecular weight is 415 g/mol. The largest absolute Gasteiger partial charge is 0.586 e. The molecular formula is C16H9ClF2N2O7. The minimum Gasteiger partial charge on any atom is -0.452 e. The molecular weight excluding hydrogens is 406 g/mol. The van der Waals surface area contributed by atoms with E-state index in [9.17, 15) is 28.5 Å². The molecule has 0 spiro atoms. The fraction of sp³-hybridized carbons (Fsp3) is 0.125. The van der Waals surface area contributed by atoms with E-state index in [1.54, 1.807) is 0 Å². The lowest BCUT2D eigenvalue weighted by Gasteiger charge is -2.08. The van der Waals surface area contributed by atoms with E-state index in [1.807, 2.05) is 0 Å². The highest BCUT2D eigenvalue weighted by atomic mass is 35.5. The Morgan fingerprint density at radius 3 is 2.61 bits per heavy atom. The molecule has 1 heterocycles. The summed E-state index contributed by atoms with van der Waals surface area (Å²) >= 11 is 5.81. The first-order valence-electron chi connectivity index (χ1n) is 7.45. The quantitative estimate of drug-likeness (QED) is 0.453. The highest BCUT2D eigenvalue weighted by molar-refractivity contribution is 6.33. The van der Waals surface area contributed by atoms with Crippen molar-refractivity contribution in [3.05, 3.63) is 57.1 Å². The summed E-state index contributed by atoms with van der Waals surface area (Å²) in [6.07, 6.45) is -3.79. The number of anilines is 1. The van der Waals surface area contributed by atoms with Crippen LogP contribution in [0.5, 0.6) is 11.5 Å². The Morgan fingerprint density at radius 2 is 1.89 bits per heavy atom. The van der Waals surface area contributed by atoms with Crippen molar-refractivity contribution < 1.29 is 37.5 Å². The molecule has 1 aliphatic rings. The zero-order valence-electron chi connectivity index (χ0n) is 13.6. The van der Waals surface area contributed by atoms with Crippen LogP contribution in [-0.4, -0.2) is 29.7 Å². The number of amides is 1. The van der Waals surface area contributed by atoms with Crippen molar-refractivity contribution in [2.24, 2.45) is 0 Å². The lowest BCUT2D eigenvalue weighted by Crippen LogP contribution is -2.25. The zero-order valence-corrected chi connectivity index (χ0v) is 14.4. The molecule has 2 aromatic carbocycles. The van der Waals surface area contributed by atoms with Gasteiger partial charge in [-0.3, -0.25) is 14.9 Å². The van der Waals surface area contributed by atoms with Gasteiger partial charge < -0.3 is 19.5 Å². The predicted molar refractivity (Wildman–Crippen MR) is 89.7 cm³/mol. The van der Waals surface area contributed by atoms with E-state index in [-0.39, 0.29) is 33.5 Å². The Kier molecular flexibility index (Phi) is 5.01. The van der Waals surface area contributed by atoms with E-state index in [0.717, 1.165) is 24.3 Å². The zero-order chi connectivity index (χ0) is 20.5. The molecule has 12 heteroatoms. The van der Waals surface area contributed by atoms with Gasteiger partial charge in [0.2, 0.25) is 0 Å². The number of hydrogen-bond acceptors (Lipinski definition) is 7. The highest BCUT2D eigenvalue weighted by Crippen LogP contribution is 2.42. The Balaban J connectivity index is 1.60. The maximum Gasteiger partial charge on any atom is 0.586 e. The first-order chi connectivity index (χ1) is 13.1. The van der Waals surface area contributed by atoms with Crippen LogP contribution in [0.3, 0.4) is 0 Å². The van der Waals surface area contributed by atoms with Gasteiger partial charge in [-0.2, -0.15) is 0 Å². The third kappa shape index (κ3) is 4.26. The number of fused-ring (bicyclic) bond motifs is 1. The Morgan fingerprint density at radius 1 is 1.18 bits per heavy atom. The second-order valence-electron chi connectivity index (χ2n) is 5.37. The number of esters is 1. The molecule has 1 N–H and O–H groups in total. The van der Waals surface area contributed by atoms with Gasteiger partial charge in [-0.05, 0) is 18.2 Å². The van der Waals surface area contributed by atoms with E-state index >= 15 is 0 Å². The molecule has 0 aromatic heterocycles. The summed E-state index contributed by atoms with van der Waals surface area (Å²) in [4.78, 5) is 33.9. The topological polar surface area (TPSA) is 117 Å². The van der Waals surface area contributed by atoms with Gasteiger partial charge >= 0.3 is 12.3 Å². The number of alkyl halides is 2. The van der Waals surface area contributed by atoms with Crippen LogP contribution in [0.2, 0.25) is 5.02 Å². The molecule has 0 saturated heterocycles. The lowest BCUT2D eigenvalue weighted by atomic mass is 10.2. The highest BCUT2D eigenvalue weighted by Gasteiger charge is 2.43. The summed E-state index contributed by atoms with van der Waals surface area (Å²) in [5, 5.41) is 13.0. The van der Waals surface area contributed by atoms with Gasteiger partial charge in [0.05, 0.1) is 15.5 Å². The van der Waals surface area contributed by atoms with Crippen LogP contribution in [0.1, 0.15) is 10.4 Å². The van der Waals surface area contributed by atoms with Crippen LogP contribution < -0.4 is 14.8 Å². The molecule has 9 nitrogen and oxygen atoms in total. The molecule has 3 rings (SSSR count). The number of halogens is 3. The lowest BCUT2D eigenvalue weighted by molar-refractivity contribution is -0.384. The van der Waals surface area contributed by atoms with Crippen LogP contribution in [0.25, 0.3) is 0 Å². The number of carbonyl (C=O) groups excluding carboxylic acids is 2. The molecule has 0 fully saturated rings. The van der Waals surface area contributed by atoms with Crippen molar-refractivity contribution in [2.75, 3.05) is 11.9 Å². The van der Waals surface area contributed by atoms with Crippen LogP contribution in [0, 0.1) is 10.1 Å². The molecule has 0 saturated carbocycles. The molecule has 0 radical (unpaired) electrons. The third-order valence-corrected chi connectivity index (χ3v) is 3.73. The number of ether oxygens (including phenoxy) is 3. The van der Waals surface area contributed by atoms with Crippen molar-refractivity contribution >= 4 is 34.9 Å². The van der Waals surface area contributed by atoms with Gasteiger partial charge in [0, 0.05) is 23.9 Å². The van der Waals surface area contributed by atoms with E-state index in [1.165, 1.54) is 12.1 Å². The Bertz CT molecular complexity index is 983. The summed E-state index contributed by atoms with van der Waals surface area (Å²) < 4.78 is 39.2. The Hall–Kier alpha value is -3.47. The fourth-order valence-electron chi connectivity index (χ4n) is 2.22. The summed E-state index contributed by atoms with van der Waals surface area (Å²) in [6, 6.07) is 6.73. The SMILES string of the molecule is O=C(COC(=O)c1cc([N+](=O)[O-])ccc1Cl)Nc1ccc2c(c1)OC(F)(F)O2. The predicted octanol–water partition coefficient (Wildman–Crippen LogP) is 3.37. The van der Waals surface area contributed by atoms with Crippen LogP contribution in [-0.2, 0) is 9.53 Å². The molecule has 0 atom stereocenters. The number of carbonyl (C=O) groups is 2. The van der Waals surface area contributed by atoms with Gasteiger partial charge in [-0.25, -0.2) is 4.79 Å². The number of nitrogens with zero attached hydrogens (tertiary/aromatic N) is 1. The van der Waals surface area contributed by atoms with Crippen LogP contribution in [0.15, 0.2) is 36.4 Å². The molecule has 0 unspecified atom stereocenters. The monoisotopic (exact) mass is 414 g/mol. The van der Waals surface area contributed by atoms with Crippen molar-refractivity contribution in [1.29, 1.82) is 0 Å². The van der Waals surface area contributed by atoms with E-state index < -0.39 is 29.7 Å². The normalized spacial score (nSPS) is 13.7. The maximum atomic E-state index is 13.0. The Labute approximate surface area is 159 Å². The van der Waals surface area contributed by atoms with E-state index in [0.29, 0.717) is 0 Å². The van der Waals surface area contributed by atoms with Crippen LogP contribution >= 0.6 is 11.6 Å². The molecule has 2 aromatic rings. The van der Waals surface area contributed by atoms with Crippen molar-refractivity contribution in [2.45, 2.75) is 6.29 Å². The molecule has 1 aliphatic heterocycles. The molecule has 146 valence electrons. The number of benzene rings is 2. The van der Waals surface area contributed by atoms with E-state index in [4.69, 9.17) is 16.3 Å². The number of hydrogen-bond donors (Lipinski definition) is 1. The average Bonchev–Trinajstić information content (AvgIpc) is 2.93. The van der Waals surface area contributed by atoms with Gasteiger partial charge in [0.1, 0.15) is 0 Å². The first-order valence-corrected chi connectivity index (χ1v) is 7.83. The third-order valence-electron chi connectivity index (χ3n) is 3.40. The molecule has 0 aliphatic carbocycles. The smallest absolute Gasteiger partial charge is 0.452 e. The van der Waals surface area contributed by atoms with Gasteiger partial charge in [-0.15, -0.1) is 8.78 Å². The number of non-ortho nitro benzene ring substituents is 1. The van der Waals surface area contributed by atoms with Gasteiger partial charge in [0.25, 0.3) is 11.6 Å². The minimum absolute atomic E-state index is 0.0901. The summed E-state index contributed by atoms with van der Waals surface area (Å²) in [5.41, 5.74) is -0.568. The van der Waals surface area contributed by atoms with Gasteiger partial charge in [-0.1, -0.05) is 11.6 Å². The maximum absolute atomic E-state index is 13.0. The summed E-state index contributed by atoms with van der Waals surface area (Å²) in [7, 11) is 0. The first kappa shape index (κ1) is 19.3. The summed E-state index contributed by atoms with van der Waals surface area (Å²) in [5.74, 6) is -2.31. The van der Waals surface area contributed by atoms with Crippen molar-refractivity contribution in [1.82, 2.24) is 0 Å². The van der Waals surface area contributed by atoms with Gasteiger partial charge in [0.15, 0.2) is 18.1 Å². The summed E-state index contributed by atoms with van der Waals surface area (Å²) in [6.45, 7) is -0.748. The standard InChI is InChI=1S/C16H9ClF2N2O7/c17-11-3-2-9(21(24)25)6-10(11)15(23)26-7-14(22)20-8-1-4-12-13(5-8)28-16(18,19)27-12/h1-6H,7H2,(H,20,22). The van der Waals surface area contributed by atoms with Crippen molar-refractivity contribution in [3.8, 4) is 11.5 Å². The second-order valence-corrected chi connectivity index (χ2v) is 5.78. The van der Waals surface area contributed by atoms with E-state index in [2.05, 4.69) is 14.8 Å². The van der Waals surface area contributed by atoms with Crippen molar-refractivity contribution in [3.63, 3.8) is 0 Å². The molecule has 28 heavy (non-hydrogen) atoms. The number of rotatable bonds is 5. The number of nitro groups is 1. The number of nitrogens with one attached hydrogen (secondary N) is 1. The number of nitro benzene ring substituents is 1. The second kappa shape index (κ2) is 7.27. The minimum atomic E-state index is -3.79. The fourth-order valence-corrected chi connectivity index (χ4v) is 2.41. The molecule has 0 bridgehead atoms. The van der Waals surface area contributed by atoms with Crippen LogP contribution in [0.4, 0.5) is 20.2 Å². The molecule has 1 amide bonds.